The van der Waals surface area contributed by atoms with Crippen molar-refractivity contribution < 1.29 is 9.90 Å². The van der Waals surface area contributed by atoms with Crippen LogP contribution in [0.3, 0.4) is 0 Å². The van der Waals surface area contributed by atoms with Crippen LogP contribution in [0.1, 0.15) is 16.7 Å². The largest absolute Gasteiger partial charge is 0.372 e. The van der Waals surface area contributed by atoms with E-state index >= 15 is 0 Å². The van der Waals surface area contributed by atoms with E-state index in [9.17, 15) is 9.90 Å². The molecule has 29 heavy (non-hydrogen) atoms. The Labute approximate surface area is 173 Å². The van der Waals surface area contributed by atoms with Crippen LogP contribution < -0.4 is 4.90 Å². The van der Waals surface area contributed by atoms with Crippen LogP contribution in [-0.2, 0) is 16.8 Å². The minimum atomic E-state index is -1.78. The summed E-state index contributed by atoms with van der Waals surface area (Å²) in [5.41, 5.74) is 1.99. The third kappa shape index (κ3) is 2.76. The van der Waals surface area contributed by atoms with Gasteiger partial charge in [0.1, 0.15) is 0 Å². The van der Waals surface area contributed by atoms with Crippen LogP contribution in [-0.4, -0.2) is 22.5 Å². The standard InChI is InChI=1S/C24H19ClN2O2/c25-17-10-11-22-19(14-17)24(29,20-15-26-21-9-5-4-8-18(20)21)23(28)27(22)13-12-16-6-2-1-3-7-16/h1-11,14-15,26,29H,12-13H2. The van der Waals surface area contributed by atoms with Gasteiger partial charge in [0.15, 0.2) is 5.60 Å². The number of carbonyl (C=O) groups excluding carboxylic acids is 1. The van der Waals surface area contributed by atoms with Crippen LogP contribution in [0.2, 0.25) is 5.02 Å². The fourth-order valence-electron chi connectivity index (χ4n) is 4.19. The number of H-pyrrole nitrogens is 1. The van der Waals surface area contributed by atoms with Crippen molar-refractivity contribution in [3.8, 4) is 0 Å². The summed E-state index contributed by atoms with van der Waals surface area (Å²) in [6.07, 6.45) is 2.41. The lowest BCUT2D eigenvalue weighted by molar-refractivity contribution is -0.132. The number of hydrogen-bond donors (Lipinski definition) is 2. The Kier molecular flexibility index (Phi) is 4.19. The maximum absolute atomic E-state index is 13.6. The lowest BCUT2D eigenvalue weighted by atomic mass is 9.87. The van der Waals surface area contributed by atoms with E-state index in [1.54, 1.807) is 23.2 Å². The lowest BCUT2D eigenvalue weighted by Crippen LogP contribution is -2.41. The number of aromatic amines is 1. The summed E-state index contributed by atoms with van der Waals surface area (Å²) in [5.74, 6) is -0.351. The molecule has 5 rings (SSSR count). The van der Waals surface area contributed by atoms with E-state index in [0.29, 0.717) is 34.8 Å². The van der Waals surface area contributed by atoms with E-state index < -0.39 is 5.60 Å². The predicted octanol–water partition coefficient (Wildman–Crippen LogP) is 4.65. The summed E-state index contributed by atoms with van der Waals surface area (Å²) >= 11 is 6.25. The van der Waals surface area contributed by atoms with Gasteiger partial charge in [-0.1, -0.05) is 60.1 Å². The number of benzene rings is 3. The van der Waals surface area contributed by atoms with Gasteiger partial charge in [0, 0.05) is 39.8 Å². The van der Waals surface area contributed by atoms with Crippen molar-refractivity contribution in [2.24, 2.45) is 0 Å². The molecular formula is C24H19ClN2O2. The highest BCUT2D eigenvalue weighted by atomic mass is 35.5. The van der Waals surface area contributed by atoms with Crippen LogP contribution in [0.4, 0.5) is 5.69 Å². The molecule has 144 valence electrons. The van der Waals surface area contributed by atoms with Crippen LogP contribution >= 0.6 is 11.6 Å². The monoisotopic (exact) mass is 402 g/mol. The molecule has 2 N–H and O–H groups in total. The molecule has 0 radical (unpaired) electrons. The van der Waals surface area contributed by atoms with Gasteiger partial charge in [-0.05, 0) is 36.2 Å². The Bertz CT molecular complexity index is 1220. The minimum absolute atomic E-state index is 0.351. The van der Waals surface area contributed by atoms with Crippen molar-refractivity contribution in [2.45, 2.75) is 12.0 Å². The Hall–Kier alpha value is -3.08. The van der Waals surface area contributed by atoms with Gasteiger partial charge in [-0.15, -0.1) is 0 Å². The molecule has 0 fully saturated rings. The molecule has 1 amide bonds. The zero-order chi connectivity index (χ0) is 20.0. The highest BCUT2D eigenvalue weighted by molar-refractivity contribution is 6.31. The normalized spacial score (nSPS) is 18.4. The number of carbonyl (C=O) groups is 1. The molecule has 0 spiro atoms. The highest BCUT2D eigenvalue weighted by Crippen LogP contribution is 2.47. The van der Waals surface area contributed by atoms with Crippen molar-refractivity contribution in [1.29, 1.82) is 0 Å². The van der Waals surface area contributed by atoms with Gasteiger partial charge >= 0.3 is 0 Å². The van der Waals surface area contributed by atoms with Gasteiger partial charge in [0.05, 0.1) is 5.69 Å². The number of para-hydroxylation sites is 1. The molecule has 0 saturated carbocycles. The second kappa shape index (κ2) is 6.76. The van der Waals surface area contributed by atoms with Crippen molar-refractivity contribution in [2.75, 3.05) is 11.4 Å². The quantitative estimate of drug-likeness (QED) is 0.522. The zero-order valence-corrected chi connectivity index (χ0v) is 16.4. The summed E-state index contributed by atoms with van der Waals surface area (Å²) < 4.78 is 0. The molecule has 0 saturated heterocycles. The molecule has 3 aromatic carbocycles. The van der Waals surface area contributed by atoms with Gasteiger partial charge in [0.2, 0.25) is 0 Å². The number of hydrogen-bond acceptors (Lipinski definition) is 2. The smallest absolute Gasteiger partial charge is 0.268 e. The number of halogens is 1. The number of aliphatic hydroxyl groups is 1. The van der Waals surface area contributed by atoms with Crippen LogP contribution in [0.25, 0.3) is 10.9 Å². The molecule has 2 heterocycles. The molecule has 1 aromatic heterocycles. The molecule has 1 unspecified atom stereocenters. The number of rotatable bonds is 4. The predicted molar refractivity (Wildman–Crippen MR) is 115 cm³/mol. The molecule has 0 aliphatic carbocycles. The van der Waals surface area contributed by atoms with Crippen molar-refractivity contribution in [3.05, 3.63) is 101 Å². The van der Waals surface area contributed by atoms with Crippen LogP contribution in [0.5, 0.6) is 0 Å². The van der Waals surface area contributed by atoms with Crippen LogP contribution in [0, 0.1) is 0 Å². The maximum Gasteiger partial charge on any atom is 0.268 e. The summed E-state index contributed by atoms with van der Waals surface area (Å²) in [6, 6.07) is 22.9. The first kappa shape index (κ1) is 18.0. The Morgan fingerprint density at radius 3 is 2.55 bits per heavy atom. The van der Waals surface area contributed by atoms with E-state index in [4.69, 9.17) is 11.6 Å². The number of nitrogens with one attached hydrogen (secondary N) is 1. The first-order chi connectivity index (χ1) is 14.1. The van der Waals surface area contributed by atoms with Crippen molar-refractivity contribution in [1.82, 2.24) is 4.98 Å². The van der Waals surface area contributed by atoms with Crippen molar-refractivity contribution >= 4 is 34.1 Å². The van der Waals surface area contributed by atoms with Gasteiger partial charge in [0.25, 0.3) is 5.91 Å². The second-order valence-electron chi connectivity index (χ2n) is 7.31. The van der Waals surface area contributed by atoms with E-state index in [1.165, 1.54) is 0 Å². The first-order valence-electron chi connectivity index (χ1n) is 9.54. The summed E-state index contributed by atoms with van der Waals surface area (Å²) in [4.78, 5) is 18.4. The fourth-order valence-corrected chi connectivity index (χ4v) is 4.36. The average Bonchev–Trinajstić information content (AvgIpc) is 3.27. The second-order valence-corrected chi connectivity index (χ2v) is 7.75. The van der Waals surface area contributed by atoms with Gasteiger partial charge in [-0.25, -0.2) is 0 Å². The maximum atomic E-state index is 13.6. The molecular weight excluding hydrogens is 384 g/mol. The van der Waals surface area contributed by atoms with E-state index in [-0.39, 0.29) is 5.91 Å². The van der Waals surface area contributed by atoms with Crippen molar-refractivity contribution in [3.63, 3.8) is 0 Å². The zero-order valence-electron chi connectivity index (χ0n) is 15.6. The number of fused-ring (bicyclic) bond motifs is 2. The number of amides is 1. The molecule has 1 aliphatic heterocycles. The Balaban J connectivity index is 1.61. The number of nitrogens with zero attached hydrogens (tertiary/aromatic N) is 1. The van der Waals surface area contributed by atoms with Gasteiger partial charge < -0.3 is 15.0 Å². The van der Waals surface area contributed by atoms with E-state index in [2.05, 4.69) is 4.98 Å². The topological polar surface area (TPSA) is 56.3 Å². The summed E-state index contributed by atoms with van der Waals surface area (Å²) in [7, 11) is 0. The SMILES string of the molecule is O=C1N(CCc2ccccc2)c2ccc(Cl)cc2C1(O)c1c[nH]c2ccccc12. The first-order valence-corrected chi connectivity index (χ1v) is 9.92. The lowest BCUT2D eigenvalue weighted by Gasteiger charge is -2.23. The number of anilines is 1. The molecule has 4 nitrogen and oxygen atoms in total. The van der Waals surface area contributed by atoms with E-state index in [1.807, 2.05) is 60.7 Å². The number of aromatic nitrogens is 1. The molecule has 4 aromatic rings. The Morgan fingerprint density at radius 1 is 0.966 bits per heavy atom. The Morgan fingerprint density at radius 2 is 1.72 bits per heavy atom. The van der Waals surface area contributed by atoms with Gasteiger partial charge in [-0.2, -0.15) is 0 Å². The average molecular weight is 403 g/mol. The molecule has 1 aliphatic rings. The highest BCUT2D eigenvalue weighted by Gasteiger charge is 2.52. The minimum Gasteiger partial charge on any atom is -0.372 e. The molecule has 1 atom stereocenters. The fraction of sp³-hybridized carbons (Fsp3) is 0.125. The molecule has 0 bridgehead atoms. The van der Waals surface area contributed by atoms with E-state index in [0.717, 1.165) is 16.5 Å². The third-order valence-electron chi connectivity index (χ3n) is 5.64. The van der Waals surface area contributed by atoms with Gasteiger partial charge in [-0.3, -0.25) is 4.79 Å². The molecule has 5 heteroatoms. The summed E-state index contributed by atoms with van der Waals surface area (Å²) in [5, 5.41) is 13.1. The van der Waals surface area contributed by atoms with Crippen LogP contribution in [0.15, 0.2) is 79.0 Å². The summed E-state index contributed by atoms with van der Waals surface area (Å²) in [6.45, 7) is 0.474. The third-order valence-corrected chi connectivity index (χ3v) is 5.87.